The normalized spacial score (nSPS) is 21.6. The molecule has 2 unspecified atom stereocenters. The quantitative estimate of drug-likeness (QED) is 0.588. The molecule has 1 fully saturated rings. The first kappa shape index (κ1) is 22.0. The Morgan fingerprint density at radius 1 is 0.909 bits per heavy atom. The van der Waals surface area contributed by atoms with Gasteiger partial charge >= 0.3 is 0 Å². The lowest BCUT2D eigenvalue weighted by atomic mass is 10.1. The van der Waals surface area contributed by atoms with Crippen molar-refractivity contribution in [3.05, 3.63) is 71.9 Å². The Labute approximate surface area is 195 Å². The zero-order valence-corrected chi connectivity index (χ0v) is 19.7. The van der Waals surface area contributed by atoms with Crippen LogP contribution in [0, 0.1) is 0 Å². The summed E-state index contributed by atoms with van der Waals surface area (Å²) in [6.45, 7) is 6.17. The highest BCUT2D eigenvalue weighted by atomic mass is 32.2. The third-order valence-electron chi connectivity index (χ3n) is 6.14. The fraction of sp³-hybridized carbons (Fsp3) is 0.360. The average Bonchev–Trinajstić information content (AvgIpc) is 2.83. The first-order valence-corrected chi connectivity index (χ1v) is 12.8. The SMILES string of the molecule is CC1CN(c2nc(-c3ccccc3)nc3c2CN(S(=O)(=O)c2ccccc2)CC3)CC(C)O1. The summed E-state index contributed by atoms with van der Waals surface area (Å²) < 4.78 is 34.1. The summed E-state index contributed by atoms with van der Waals surface area (Å²) in [4.78, 5) is 12.4. The average molecular weight is 465 g/mol. The molecule has 0 radical (unpaired) electrons. The number of hydrogen-bond acceptors (Lipinski definition) is 6. The molecule has 2 aromatic carbocycles. The van der Waals surface area contributed by atoms with Crippen LogP contribution in [-0.4, -0.2) is 54.5 Å². The van der Waals surface area contributed by atoms with E-state index in [1.165, 1.54) is 0 Å². The molecule has 0 N–H and O–H groups in total. The van der Waals surface area contributed by atoms with Crippen LogP contribution in [0.5, 0.6) is 0 Å². The van der Waals surface area contributed by atoms with E-state index in [4.69, 9.17) is 14.7 Å². The molecular weight excluding hydrogens is 436 g/mol. The summed E-state index contributed by atoms with van der Waals surface area (Å²) in [5.74, 6) is 1.49. The van der Waals surface area contributed by atoms with Gasteiger partial charge in [-0.3, -0.25) is 0 Å². The van der Waals surface area contributed by atoms with Crippen LogP contribution >= 0.6 is 0 Å². The third-order valence-corrected chi connectivity index (χ3v) is 7.99. The number of morpholine rings is 1. The molecule has 5 rings (SSSR count). The van der Waals surface area contributed by atoms with E-state index in [2.05, 4.69) is 18.7 Å². The second-order valence-corrected chi connectivity index (χ2v) is 10.7. The highest BCUT2D eigenvalue weighted by Gasteiger charge is 2.34. The van der Waals surface area contributed by atoms with Gasteiger partial charge in [0.1, 0.15) is 5.82 Å². The number of rotatable bonds is 4. The van der Waals surface area contributed by atoms with Crippen molar-refractivity contribution in [3.8, 4) is 11.4 Å². The highest BCUT2D eigenvalue weighted by molar-refractivity contribution is 7.89. The molecule has 3 aromatic rings. The van der Waals surface area contributed by atoms with E-state index >= 15 is 0 Å². The Balaban J connectivity index is 1.58. The summed E-state index contributed by atoms with van der Waals surface area (Å²) >= 11 is 0. The van der Waals surface area contributed by atoms with Crippen LogP contribution < -0.4 is 4.90 Å². The van der Waals surface area contributed by atoms with Crippen LogP contribution in [0.25, 0.3) is 11.4 Å². The van der Waals surface area contributed by atoms with Gasteiger partial charge in [0, 0.05) is 43.7 Å². The van der Waals surface area contributed by atoms with E-state index in [1.54, 1.807) is 28.6 Å². The van der Waals surface area contributed by atoms with E-state index in [0.29, 0.717) is 36.8 Å². The second kappa shape index (κ2) is 8.85. The van der Waals surface area contributed by atoms with Crippen molar-refractivity contribution in [2.45, 2.75) is 43.9 Å². The molecule has 1 aromatic heterocycles. The molecule has 0 spiro atoms. The van der Waals surface area contributed by atoms with Gasteiger partial charge in [0.15, 0.2) is 5.82 Å². The topological polar surface area (TPSA) is 75.6 Å². The summed E-state index contributed by atoms with van der Waals surface area (Å²) in [5, 5.41) is 0. The van der Waals surface area contributed by atoms with E-state index < -0.39 is 10.0 Å². The summed E-state index contributed by atoms with van der Waals surface area (Å²) in [6.07, 6.45) is 0.672. The first-order chi connectivity index (χ1) is 15.9. The molecular formula is C25H28N4O3S. The van der Waals surface area contributed by atoms with Crippen LogP contribution in [-0.2, 0) is 27.7 Å². The van der Waals surface area contributed by atoms with Gasteiger partial charge in [-0.2, -0.15) is 4.31 Å². The minimum absolute atomic E-state index is 0.0623. The molecule has 2 aliphatic rings. The number of anilines is 1. The number of fused-ring (bicyclic) bond motifs is 1. The van der Waals surface area contributed by atoms with E-state index in [1.807, 2.05) is 36.4 Å². The Morgan fingerprint density at radius 3 is 2.21 bits per heavy atom. The number of hydrogen-bond donors (Lipinski definition) is 0. The molecule has 8 heteroatoms. The predicted octanol–water partition coefficient (Wildman–Crippen LogP) is 3.50. The van der Waals surface area contributed by atoms with Gasteiger partial charge in [-0.25, -0.2) is 18.4 Å². The van der Waals surface area contributed by atoms with Crippen LogP contribution in [0.3, 0.4) is 0 Å². The summed E-state index contributed by atoms with van der Waals surface area (Å²) in [7, 11) is -3.60. The minimum Gasteiger partial charge on any atom is -0.372 e. The molecule has 33 heavy (non-hydrogen) atoms. The number of ether oxygens (including phenoxy) is 1. The molecule has 1 saturated heterocycles. The molecule has 172 valence electrons. The largest absolute Gasteiger partial charge is 0.372 e. The lowest BCUT2D eigenvalue weighted by Crippen LogP contribution is -2.47. The number of aromatic nitrogens is 2. The van der Waals surface area contributed by atoms with Crippen molar-refractivity contribution in [2.24, 2.45) is 0 Å². The van der Waals surface area contributed by atoms with E-state index in [9.17, 15) is 8.42 Å². The summed E-state index contributed by atoms with van der Waals surface area (Å²) in [5.41, 5.74) is 2.77. The standard InChI is InChI=1S/C25H28N4O3S/c1-18-15-28(16-19(2)32-18)25-22-17-29(33(30,31)21-11-7-4-8-12-21)14-13-23(22)26-24(27-25)20-9-5-3-6-10-20/h3-12,18-19H,13-17H2,1-2H3. The Bertz CT molecular complexity index is 1230. The van der Waals surface area contributed by atoms with Crippen LogP contribution in [0.2, 0.25) is 0 Å². The fourth-order valence-corrected chi connectivity index (χ4v) is 6.08. The summed E-state index contributed by atoms with van der Waals surface area (Å²) in [6, 6.07) is 18.6. The highest BCUT2D eigenvalue weighted by Crippen LogP contribution is 2.33. The maximum absolute atomic E-state index is 13.3. The van der Waals surface area contributed by atoms with Crippen LogP contribution in [0.1, 0.15) is 25.1 Å². The number of benzene rings is 2. The van der Waals surface area contributed by atoms with Crippen molar-refractivity contribution in [2.75, 3.05) is 24.5 Å². The van der Waals surface area contributed by atoms with Crippen molar-refractivity contribution >= 4 is 15.8 Å². The van der Waals surface area contributed by atoms with Gasteiger partial charge < -0.3 is 9.64 Å². The van der Waals surface area contributed by atoms with Crippen molar-refractivity contribution < 1.29 is 13.2 Å². The Kier molecular flexibility index (Phi) is 5.90. The molecule has 7 nitrogen and oxygen atoms in total. The van der Waals surface area contributed by atoms with Crippen molar-refractivity contribution in [1.29, 1.82) is 0 Å². The van der Waals surface area contributed by atoms with E-state index in [0.717, 1.165) is 22.6 Å². The second-order valence-electron chi connectivity index (χ2n) is 8.73. The van der Waals surface area contributed by atoms with Gasteiger partial charge in [-0.05, 0) is 26.0 Å². The smallest absolute Gasteiger partial charge is 0.243 e. The predicted molar refractivity (Wildman–Crippen MR) is 127 cm³/mol. The molecule has 0 bridgehead atoms. The van der Waals surface area contributed by atoms with Crippen molar-refractivity contribution in [3.63, 3.8) is 0 Å². The van der Waals surface area contributed by atoms with Gasteiger partial charge in [-0.15, -0.1) is 0 Å². The Hall–Kier alpha value is -2.81. The van der Waals surface area contributed by atoms with Gasteiger partial charge in [0.05, 0.1) is 22.8 Å². The lowest BCUT2D eigenvalue weighted by molar-refractivity contribution is -0.00555. The third kappa shape index (κ3) is 4.38. The molecule has 2 atom stereocenters. The molecule has 0 aliphatic carbocycles. The monoisotopic (exact) mass is 464 g/mol. The lowest BCUT2D eigenvalue weighted by Gasteiger charge is -2.38. The number of sulfonamides is 1. The molecule has 3 heterocycles. The zero-order valence-electron chi connectivity index (χ0n) is 18.9. The first-order valence-electron chi connectivity index (χ1n) is 11.3. The van der Waals surface area contributed by atoms with Crippen molar-refractivity contribution in [1.82, 2.24) is 14.3 Å². The number of nitrogens with zero attached hydrogens (tertiary/aromatic N) is 4. The fourth-order valence-electron chi connectivity index (χ4n) is 4.65. The minimum atomic E-state index is -3.60. The van der Waals surface area contributed by atoms with Crippen LogP contribution in [0.15, 0.2) is 65.6 Å². The Morgan fingerprint density at radius 2 is 1.55 bits per heavy atom. The van der Waals surface area contributed by atoms with Gasteiger partial charge in [0.2, 0.25) is 10.0 Å². The molecule has 0 saturated carbocycles. The van der Waals surface area contributed by atoms with Gasteiger partial charge in [-0.1, -0.05) is 48.5 Å². The van der Waals surface area contributed by atoms with Gasteiger partial charge in [0.25, 0.3) is 0 Å². The maximum atomic E-state index is 13.3. The van der Waals surface area contributed by atoms with Crippen LogP contribution in [0.4, 0.5) is 5.82 Å². The maximum Gasteiger partial charge on any atom is 0.243 e. The molecule has 0 amide bonds. The zero-order chi connectivity index (χ0) is 23.0. The van der Waals surface area contributed by atoms with E-state index in [-0.39, 0.29) is 18.8 Å². The molecule has 2 aliphatic heterocycles.